The van der Waals surface area contributed by atoms with Crippen LogP contribution in [0.1, 0.15) is 0 Å². The molecule has 3 N–H and O–H groups in total. The van der Waals surface area contributed by atoms with Gasteiger partial charge in [0.25, 0.3) is 0 Å². The van der Waals surface area contributed by atoms with Gasteiger partial charge in [-0.15, -0.1) is 0 Å². The second-order valence-electron chi connectivity index (χ2n) is 7.54. The fourth-order valence-corrected chi connectivity index (χ4v) is 4.00. The SMILES string of the molecule is Clc1ccc(Nc2nccc3c(Nc4ncccc4-c4ncnc5nc[nH]c45)cccc23)cc1. The molecule has 0 bridgehead atoms. The van der Waals surface area contributed by atoms with Gasteiger partial charge in [0.15, 0.2) is 5.65 Å². The first-order valence-electron chi connectivity index (χ1n) is 10.5. The summed E-state index contributed by atoms with van der Waals surface area (Å²) in [6.45, 7) is 0. The first-order chi connectivity index (χ1) is 16.8. The zero-order valence-electron chi connectivity index (χ0n) is 17.7. The fourth-order valence-electron chi connectivity index (χ4n) is 3.88. The third-order valence-electron chi connectivity index (χ3n) is 5.45. The van der Waals surface area contributed by atoms with Crippen LogP contribution < -0.4 is 10.6 Å². The molecular weight excluding hydrogens is 448 g/mol. The Morgan fingerprint density at radius 3 is 2.50 bits per heavy atom. The van der Waals surface area contributed by atoms with Gasteiger partial charge in [-0.05, 0) is 48.5 Å². The fraction of sp³-hybridized carbons (Fsp3) is 0. The smallest absolute Gasteiger partial charge is 0.181 e. The molecule has 34 heavy (non-hydrogen) atoms. The maximum atomic E-state index is 6.02. The van der Waals surface area contributed by atoms with Crippen molar-refractivity contribution in [1.29, 1.82) is 0 Å². The van der Waals surface area contributed by atoms with E-state index in [0.29, 0.717) is 16.5 Å². The van der Waals surface area contributed by atoms with E-state index in [1.165, 1.54) is 6.33 Å². The minimum Gasteiger partial charge on any atom is -0.341 e. The molecule has 4 aromatic heterocycles. The van der Waals surface area contributed by atoms with Gasteiger partial charge in [-0.1, -0.05) is 23.7 Å². The third kappa shape index (κ3) is 3.66. The number of halogens is 1. The molecule has 0 unspecified atom stereocenters. The Morgan fingerprint density at radius 1 is 0.706 bits per heavy atom. The van der Waals surface area contributed by atoms with E-state index in [4.69, 9.17) is 11.6 Å². The van der Waals surface area contributed by atoms with Gasteiger partial charge in [0.2, 0.25) is 0 Å². The highest BCUT2D eigenvalue weighted by Gasteiger charge is 2.15. The number of hydrogen-bond acceptors (Lipinski definition) is 7. The van der Waals surface area contributed by atoms with Crippen molar-refractivity contribution in [3.8, 4) is 11.3 Å². The molecule has 0 aliphatic heterocycles. The molecule has 6 aromatic rings. The van der Waals surface area contributed by atoms with E-state index in [2.05, 4.69) is 40.5 Å². The molecule has 0 aliphatic carbocycles. The van der Waals surface area contributed by atoms with Crippen LogP contribution in [-0.2, 0) is 0 Å². The maximum absolute atomic E-state index is 6.02. The van der Waals surface area contributed by atoms with Gasteiger partial charge in [0.05, 0.1) is 6.33 Å². The highest BCUT2D eigenvalue weighted by Crippen LogP contribution is 2.34. The lowest BCUT2D eigenvalue weighted by Crippen LogP contribution is -2.00. The molecule has 0 amide bonds. The Kier molecular flexibility index (Phi) is 4.97. The van der Waals surface area contributed by atoms with Crippen molar-refractivity contribution in [3.63, 3.8) is 0 Å². The van der Waals surface area contributed by atoms with Crippen LogP contribution in [0.4, 0.5) is 23.0 Å². The molecule has 0 saturated heterocycles. The standard InChI is InChI=1S/C25H17ClN8/c26-15-6-8-16(9-7-15)33-23-18-3-1-5-20(17(18)10-12-28-23)34-24-19(4-2-11-27-24)21-22-25(31-13-29-21)32-14-30-22/h1-14H,(H,27,34)(H,28,33)(H,29,30,31,32). The molecule has 0 spiro atoms. The average Bonchev–Trinajstić information content (AvgIpc) is 3.36. The number of rotatable bonds is 5. The lowest BCUT2D eigenvalue weighted by Gasteiger charge is -2.14. The molecule has 2 aromatic carbocycles. The van der Waals surface area contributed by atoms with Gasteiger partial charge in [0.1, 0.15) is 29.2 Å². The van der Waals surface area contributed by atoms with E-state index in [-0.39, 0.29) is 0 Å². The Hall–Kier alpha value is -4.56. The predicted octanol–water partition coefficient (Wildman–Crippen LogP) is 6.10. The molecular formula is C25H17ClN8. The summed E-state index contributed by atoms with van der Waals surface area (Å²) in [6, 6.07) is 19.4. The summed E-state index contributed by atoms with van der Waals surface area (Å²) in [7, 11) is 0. The average molecular weight is 465 g/mol. The minimum atomic E-state index is 0.606. The van der Waals surface area contributed by atoms with Crippen molar-refractivity contribution in [3.05, 3.63) is 90.7 Å². The van der Waals surface area contributed by atoms with Gasteiger partial charge in [0, 0.05) is 45.1 Å². The Labute approximate surface area is 199 Å². The van der Waals surface area contributed by atoms with Crippen LogP contribution in [0, 0.1) is 0 Å². The van der Waals surface area contributed by atoms with Gasteiger partial charge in [-0.2, -0.15) is 0 Å². The van der Waals surface area contributed by atoms with Gasteiger partial charge < -0.3 is 15.6 Å². The van der Waals surface area contributed by atoms with E-state index >= 15 is 0 Å². The van der Waals surface area contributed by atoms with E-state index in [9.17, 15) is 0 Å². The van der Waals surface area contributed by atoms with Crippen LogP contribution >= 0.6 is 11.6 Å². The van der Waals surface area contributed by atoms with E-state index in [1.54, 1.807) is 18.7 Å². The third-order valence-corrected chi connectivity index (χ3v) is 5.70. The number of fused-ring (bicyclic) bond motifs is 2. The van der Waals surface area contributed by atoms with E-state index in [0.717, 1.165) is 44.7 Å². The summed E-state index contributed by atoms with van der Waals surface area (Å²) in [4.78, 5) is 25.2. The number of aromatic amines is 1. The zero-order valence-corrected chi connectivity index (χ0v) is 18.5. The van der Waals surface area contributed by atoms with Crippen LogP contribution in [0.25, 0.3) is 33.2 Å². The summed E-state index contributed by atoms with van der Waals surface area (Å²) < 4.78 is 0. The number of benzene rings is 2. The van der Waals surface area contributed by atoms with E-state index in [1.807, 2.05) is 60.7 Å². The van der Waals surface area contributed by atoms with Crippen molar-refractivity contribution in [2.24, 2.45) is 0 Å². The zero-order chi connectivity index (χ0) is 22.9. The number of aromatic nitrogens is 6. The van der Waals surface area contributed by atoms with Crippen molar-refractivity contribution in [2.45, 2.75) is 0 Å². The van der Waals surface area contributed by atoms with Gasteiger partial charge in [-0.3, -0.25) is 0 Å². The number of nitrogens with zero attached hydrogens (tertiary/aromatic N) is 5. The Morgan fingerprint density at radius 2 is 1.59 bits per heavy atom. The summed E-state index contributed by atoms with van der Waals surface area (Å²) in [5.74, 6) is 1.42. The lowest BCUT2D eigenvalue weighted by molar-refractivity contribution is 1.19. The largest absolute Gasteiger partial charge is 0.341 e. The predicted molar refractivity (Wildman–Crippen MR) is 135 cm³/mol. The van der Waals surface area contributed by atoms with Crippen LogP contribution in [0.15, 0.2) is 85.7 Å². The lowest BCUT2D eigenvalue weighted by atomic mass is 10.1. The van der Waals surface area contributed by atoms with Crippen molar-refractivity contribution in [1.82, 2.24) is 29.9 Å². The summed E-state index contributed by atoms with van der Waals surface area (Å²) in [5.41, 5.74) is 4.73. The number of anilines is 4. The molecule has 0 atom stereocenters. The summed E-state index contributed by atoms with van der Waals surface area (Å²) >= 11 is 6.02. The molecule has 6 rings (SSSR count). The monoisotopic (exact) mass is 464 g/mol. The number of nitrogens with one attached hydrogen (secondary N) is 3. The second-order valence-corrected chi connectivity index (χ2v) is 7.98. The molecule has 0 saturated carbocycles. The molecule has 4 heterocycles. The Balaban J connectivity index is 1.41. The van der Waals surface area contributed by atoms with Crippen LogP contribution in [0.2, 0.25) is 5.02 Å². The van der Waals surface area contributed by atoms with Crippen LogP contribution in [0.5, 0.6) is 0 Å². The number of hydrogen-bond donors (Lipinski definition) is 3. The summed E-state index contributed by atoms with van der Waals surface area (Å²) in [5, 5.41) is 9.52. The summed E-state index contributed by atoms with van der Waals surface area (Å²) in [6.07, 6.45) is 6.65. The molecule has 8 nitrogen and oxygen atoms in total. The maximum Gasteiger partial charge on any atom is 0.181 e. The highest BCUT2D eigenvalue weighted by atomic mass is 35.5. The first kappa shape index (κ1) is 20.1. The molecule has 9 heteroatoms. The Bertz CT molecular complexity index is 1630. The molecule has 164 valence electrons. The first-order valence-corrected chi connectivity index (χ1v) is 10.9. The van der Waals surface area contributed by atoms with Crippen molar-refractivity contribution < 1.29 is 0 Å². The number of imidazole rings is 1. The van der Waals surface area contributed by atoms with Crippen LogP contribution in [-0.4, -0.2) is 29.9 Å². The number of pyridine rings is 2. The quantitative estimate of drug-likeness (QED) is 0.283. The van der Waals surface area contributed by atoms with E-state index < -0.39 is 0 Å². The minimum absolute atomic E-state index is 0.606. The molecule has 0 radical (unpaired) electrons. The topological polar surface area (TPSA) is 104 Å². The second kappa shape index (κ2) is 8.42. The highest BCUT2D eigenvalue weighted by molar-refractivity contribution is 6.30. The number of H-pyrrole nitrogens is 1. The van der Waals surface area contributed by atoms with Gasteiger partial charge >= 0.3 is 0 Å². The van der Waals surface area contributed by atoms with Crippen molar-refractivity contribution in [2.75, 3.05) is 10.6 Å². The van der Waals surface area contributed by atoms with Crippen molar-refractivity contribution >= 4 is 56.5 Å². The van der Waals surface area contributed by atoms with Gasteiger partial charge in [-0.25, -0.2) is 24.9 Å². The molecule has 0 fully saturated rings. The van der Waals surface area contributed by atoms with Crippen LogP contribution in [0.3, 0.4) is 0 Å². The normalized spacial score (nSPS) is 11.1. The molecule has 0 aliphatic rings.